The molecule has 42 heavy (non-hydrogen) atoms. The van der Waals surface area contributed by atoms with Gasteiger partial charge < -0.3 is 35.0 Å². The summed E-state index contributed by atoms with van der Waals surface area (Å²) in [5.74, 6) is -1.26. The molecule has 1 saturated heterocycles. The van der Waals surface area contributed by atoms with Crippen LogP contribution in [0, 0.1) is 30.3 Å². The maximum atomic E-state index is 12.0. The fourth-order valence-electron chi connectivity index (χ4n) is 3.83. The average molecular weight is 638 g/mol. The first-order valence-electron chi connectivity index (χ1n) is 10.8. The van der Waals surface area contributed by atoms with Gasteiger partial charge in [0, 0.05) is 0 Å². The number of nitrogen functional groups attached to an aromatic ring is 1. The van der Waals surface area contributed by atoms with Crippen LogP contribution in [0.15, 0.2) is 24.8 Å². The summed E-state index contributed by atoms with van der Waals surface area (Å²) in [5.41, 5.74) is 2.17. The molecular formula is C16H16N8O16P2. The third-order valence-corrected chi connectivity index (χ3v) is 7.63. The number of phosphoric acid groups is 2. The van der Waals surface area contributed by atoms with Crippen molar-refractivity contribution in [2.45, 2.75) is 24.5 Å². The maximum Gasteiger partial charge on any atom is 0.481 e. The maximum absolute atomic E-state index is 12.0. The van der Waals surface area contributed by atoms with Gasteiger partial charge in [0.05, 0.1) is 39.8 Å². The average Bonchev–Trinajstić information content (AvgIpc) is 3.43. The molecule has 0 amide bonds. The lowest BCUT2D eigenvalue weighted by Crippen LogP contribution is -2.39. The Hall–Kier alpha value is -4.25. The predicted molar refractivity (Wildman–Crippen MR) is 129 cm³/mol. The molecule has 5 atom stereocenters. The summed E-state index contributed by atoms with van der Waals surface area (Å²) in [5, 5.41) is 45.7. The fourth-order valence-corrected chi connectivity index (χ4v) is 5.43. The van der Waals surface area contributed by atoms with Crippen LogP contribution in [-0.2, 0) is 22.7 Å². The normalized spacial score (nSPS) is 22.1. The Balaban J connectivity index is 1.78. The van der Waals surface area contributed by atoms with E-state index in [2.05, 4.69) is 23.8 Å². The van der Waals surface area contributed by atoms with Crippen molar-refractivity contribution in [3.05, 3.63) is 55.1 Å². The van der Waals surface area contributed by atoms with Crippen molar-refractivity contribution in [2.75, 3.05) is 12.3 Å². The Morgan fingerprint density at radius 1 is 1.02 bits per heavy atom. The number of hydrogen-bond donors (Lipinski definition) is 5. The van der Waals surface area contributed by atoms with Crippen LogP contribution in [0.2, 0.25) is 0 Å². The molecule has 26 heteroatoms. The van der Waals surface area contributed by atoms with Crippen LogP contribution in [0.4, 0.5) is 22.9 Å². The SMILES string of the molecule is Nc1ncnc2c1ncn2[C@@H]1O[C@H](COP(=O)(O)OP(=O)(O)O)[C@@H](Oc2c([N+](=O)[O-])cc([N+](=O)[O-])cc2[N+](=O)[O-])[C@H]1O. The highest BCUT2D eigenvalue weighted by molar-refractivity contribution is 7.60. The number of benzene rings is 1. The number of aliphatic hydroxyl groups excluding tert-OH is 1. The van der Waals surface area contributed by atoms with Gasteiger partial charge in [0.1, 0.15) is 24.1 Å². The number of hydrogen-bond acceptors (Lipinski definition) is 17. The number of phosphoric ester groups is 1. The molecule has 4 rings (SSSR count). The first kappa shape index (κ1) is 30.7. The van der Waals surface area contributed by atoms with E-state index in [9.17, 15) is 49.5 Å². The molecule has 0 spiro atoms. The topological polar surface area (TPSA) is 351 Å². The summed E-state index contributed by atoms with van der Waals surface area (Å²) in [7, 11) is -11.1. The number of anilines is 1. The third-order valence-electron chi connectivity index (χ3n) is 5.47. The van der Waals surface area contributed by atoms with Crippen molar-refractivity contribution in [1.29, 1.82) is 0 Å². The number of aromatic nitrogens is 4. The van der Waals surface area contributed by atoms with E-state index in [1.54, 1.807) is 0 Å². The van der Waals surface area contributed by atoms with Gasteiger partial charge in [0.15, 0.2) is 23.8 Å². The van der Waals surface area contributed by atoms with Crippen molar-refractivity contribution in [3.63, 3.8) is 0 Å². The zero-order valence-electron chi connectivity index (χ0n) is 20.1. The van der Waals surface area contributed by atoms with Crippen LogP contribution in [0.5, 0.6) is 5.75 Å². The molecule has 1 fully saturated rings. The lowest BCUT2D eigenvalue weighted by Gasteiger charge is -2.22. The molecule has 2 aromatic heterocycles. The van der Waals surface area contributed by atoms with Crippen LogP contribution in [0.25, 0.3) is 11.2 Å². The molecule has 3 heterocycles. The summed E-state index contributed by atoms with van der Waals surface area (Å²) in [4.78, 5) is 69.9. The lowest BCUT2D eigenvalue weighted by molar-refractivity contribution is -0.404. The largest absolute Gasteiger partial charge is 0.481 e. The molecule has 3 aromatic rings. The molecule has 0 radical (unpaired) electrons. The quantitative estimate of drug-likeness (QED) is 0.105. The smallest absolute Gasteiger partial charge is 0.473 e. The van der Waals surface area contributed by atoms with Gasteiger partial charge in [-0.15, -0.1) is 0 Å². The second-order valence-electron chi connectivity index (χ2n) is 8.14. The van der Waals surface area contributed by atoms with Crippen LogP contribution in [0.1, 0.15) is 6.23 Å². The Morgan fingerprint density at radius 3 is 2.19 bits per heavy atom. The van der Waals surface area contributed by atoms with E-state index in [0.29, 0.717) is 12.1 Å². The fraction of sp³-hybridized carbons (Fsp3) is 0.312. The van der Waals surface area contributed by atoms with Crippen molar-refractivity contribution in [3.8, 4) is 5.75 Å². The van der Waals surface area contributed by atoms with E-state index in [0.717, 1.165) is 17.2 Å². The number of ether oxygens (including phenoxy) is 2. The minimum absolute atomic E-state index is 0.0296. The van der Waals surface area contributed by atoms with E-state index in [-0.39, 0.29) is 17.0 Å². The van der Waals surface area contributed by atoms with E-state index < -0.39 is 84.4 Å². The zero-order valence-corrected chi connectivity index (χ0v) is 21.9. The highest BCUT2D eigenvalue weighted by Gasteiger charge is 2.50. The molecular weight excluding hydrogens is 622 g/mol. The van der Waals surface area contributed by atoms with E-state index in [4.69, 9.17) is 25.0 Å². The van der Waals surface area contributed by atoms with Gasteiger partial charge in [-0.05, 0) is 0 Å². The number of aliphatic hydroxyl groups is 1. The lowest BCUT2D eigenvalue weighted by atomic mass is 10.1. The van der Waals surface area contributed by atoms with Gasteiger partial charge in [0.2, 0.25) is 0 Å². The van der Waals surface area contributed by atoms with E-state index in [1.165, 1.54) is 0 Å². The molecule has 1 aliphatic heterocycles. The summed E-state index contributed by atoms with van der Waals surface area (Å²) in [6.45, 7) is -1.18. The second kappa shape index (κ2) is 11.2. The van der Waals surface area contributed by atoms with Crippen LogP contribution >= 0.6 is 15.6 Å². The number of fused-ring (bicyclic) bond motifs is 1. The highest BCUT2D eigenvalue weighted by atomic mass is 31.3. The number of nitro benzene ring substituents is 3. The number of imidazole rings is 1. The van der Waals surface area contributed by atoms with Gasteiger partial charge >= 0.3 is 27.0 Å². The predicted octanol–water partition coefficient (Wildman–Crippen LogP) is 0.0653. The van der Waals surface area contributed by atoms with Crippen molar-refractivity contribution in [1.82, 2.24) is 19.5 Å². The van der Waals surface area contributed by atoms with Crippen LogP contribution < -0.4 is 10.5 Å². The first-order chi connectivity index (χ1) is 19.5. The molecule has 0 saturated carbocycles. The zero-order chi connectivity index (χ0) is 31.1. The molecule has 226 valence electrons. The minimum Gasteiger partial charge on any atom is -0.473 e. The third kappa shape index (κ3) is 6.30. The van der Waals surface area contributed by atoms with Crippen LogP contribution in [0.3, 0.4) is 0 Å². The van der Waals surface area contributed by atoms with Gasteiger partial charge in [0.25, 0.3) is 11.4 Å². The molecule has 24 nitrogen and oxygen atoms in total. The monoisotopic (exact) mass is 638 g/mol. The summed E-state index contributed by atoms with van der Waals surface area (Å²) >= 11 is 0. The Bertz CT molecular complexity index is 1640. The van der Waals surface area contributed by atoms with Crippen molar-refractivity contribution < 1.29 is 62.0 Å². The highest BCUT2D eigenvalue weighted by Crippen LogP contribution is 2.58. The van der Waals surface area contributed by atoms with Gasteiger partial charge in [-0.25, -0.2) is 24.1 Å². The number of nitro groups is 3. The van der Waals surface area contributed by atoms with Gasteiger partial charge in [-0.1, -0.05) is 0 Å². The van der Waals surface area contributed by atoms with E-state index >= 15 is 0 Å². The molecule has 0 aliphatic carbocycles. The van der Waals surface area contributed by atoms with Crippen LogP contribution in [-0.4, -0.2) is 79.0 Å². The summed E-state index contributed by atoms with van der Waals surface area (Å²) in [6.07, 6.45) is -5.25. The molecule has 6 N–H and O–H groups in total. The summed E-state index contributed by atoms with van der Waals surface area (Å²) in [6, 6.07) is 0.707. The molecule has 1 aliphatic rings. The molecule has 1 unspecified atom stereocenters. The standard InChI is InChI=1S/C16H16N8O16P2/c17-14-10-15(19-4-18-14)21(5-20-10)16-11(25)13(9(38-16)3-37-42(35,36)40-41(32,33)34)39-12-7(23(28)29)1-6(22(26)27)2-8(12)24(30)31/h1-2,4-5,9,11,13,16,25H,3H2,(H,35,36)(H2,17,18,19)(H2,32,33,34)/t9-,11-,13-,16-/m1/s1. The molecule has 1 aromatic carbocycles. The number of rotatable bonds is 11. The Kier molecular flexibility index (Phi) is 8.19. The minimum atomic E-state index is -5.57. The summed E-state index contributed by atoms with van der Waals surface area (Å²) < 4.78 is 43.4. The van der Waals surface area contributed by atoms with Gasteiger partial charge in [-0.3, -0.25) is 39.4 Å². The Morgan fingerprint density at radius 2 is 1.64 bits per heavy atom. The number of nitrogens with two attached hydrogens (primary N) is 1. The number of non-ortho nitro benzene ring substituents is 1. The van der Waals surface area contributed by atoms with Crippen molar-refractivity contribution >= 4 is 49.7 Å². The first-order valence-corrected chi connectivity index (χ1v) is 13.8. The van der Waals surface area contributed by atoms with Gasteiger partial charge in [-0.2, -0.15) is 4.31 Å². The van der Waals surface area contributed by atoms with E-state index in [1.807, 2.05) is 0 Å². The number of nitrogens with zero attached hydrogens (tertiary/aromatic N) is 7. The van der Waals surface area contributed by atoms with Crippen molar-refractivity contribution in [2.24, 2.45) is 0 Å². The molecule has 0 bridgehead atoms. The Labute approximate surface area is 229 Å². The second-order valence-corrected chi connectivity index (χ2v) is 11.0.